The maximum Gasteiger partial charge on any atom is 0.293 e. The van der Waals surface area contributed by atoms with Gasteiger partial charge >= 0.3 is 0 Å². The molecule has 2 N–H and O–H groups in total. The molecule has 0 radical (unpaired) electrons. The molecule has 3 aromatic carbocycles. The topological polar surface area (TPSA) is 93.5 Å². The molecular formula is C23H23N3O4. The van der Waals surface area contributed by atoms with Crippen LogP contribution in [0.3, 0.4) is 0 Å². The number of carbonyl (C=O) groups excluding carboxylic acids is 1. The number of para-hydroxylation sites is 1. The fourth-order valence-electron chi connectivity index (χ4n) is 3.06. The van der Waals surface area contributed by atoms with Gasteiger partial charge in [0.15, 0.2) is 0 Å². The first kappa shape index (κ1) is 20.9. The van der Waals surface area contributed by atoms with Crippen molar-refractivity contribution < 1.29 is 14.5 Å². The third kappa shape index (κ3) is 4.94. The molecule has 30 heavy (non-hydrogen) atoms. The third-order valence-corrected chi connectivity index (χ3v) is 4.75. The summed E-state index contributed by atoms with van der Waals surface area (Å²) in [4.78, 5) is 23.7. The van der Waals surface area contributed by atoms with Crippen molar-refractivity contribution in [2.75, 3.05) is 17.7 Å². The zero-order chi connectivity index (χ0) is 21.5. The molecule has 3 aromatic rings. The molecule has 0 bridgehead atoms. The first-order chi connectivity index (χ1) is 14.5. The van der Waals surface area contributed by atoms with Gasteiger partial charge in [0.05, 0.1) is 12.0 Å². The molecule has 0 aromatic heterocycles. The number of benzene rings is 3. The molecule has 0 aliphatic rings. The standard InChI is InChI=1S/C23H23N3O4/c1-3-17-6-4-5-7-20(17)25-23(27)18-10-13-21(22(14-18)26(28)29)24-15-16-8-11-19(30-2)12-9-16/h4-14,24H,3,15H2,1-2H3,(H,25,27). The minimum atomic E-state index is -0.493. The van der Waals surface area contributed by atoms with Crippen molar-refractivity contribution in [1.29, 1.82) is 0 Å². The van der Waals surface area contributed by atoms with Crippen molar-refractivity contribution in [2.45, 2.75) is 19.9 Å². The van der Waals surface area contributed by atoms with E-state index in [1.165, 1.54) is 6.07 Å². The highest BCUT2D eigenvalue weighted by Crippen LogP contribution is 2.27. The lowest BCUT2D eigenvalue weighted by atomic mass is 10.1. The van der Waals surface area contributed by atoms with Crippen LogP contribution in [0.15, 0.2) is 66.7 Å². The van der Waals surface area contributed by atoms with Gasteiger partial charge in [-0.3, -0.25) is 14.9 Å². The molecule has 7 heteroatoms. The predicted molar refractivity (Wildman–Crippen MR) is 117 cm³/mol. The van der Waals surface area contributed by atoms with E-state index in [2.05, 4.69) is 10.6 Å². The summed E-state index contributed by atoms with van der Waals surface area (Å²) < 4.78 is 5.13. The smallest absolute Gasteiger partial charge is 0.293 e. The van der Waals surface area contributed by atoms with Gasteiger partial charge in [0.2, 0.25) is 0 Å². The summed E-state index contributed by atoms with van der Waals surface area (Å²) in [5.74, 6) is 0.352. The number of rotatable bonds is 8. The molecule has 0 unspecified atom stereocenters. The van der Waals surface area contributed by atoms with Crippen LogP contribution in [0.2, 0.25) is 0 Å². The average molecular weight is 405 g/mol. The van der Waals surface area contributed by atoms with Crippen LogP contribution >= 0.6 is 0 Å². The monoisotopic (exact) mass is 405 g/mol. The number of carbonyl (C=O) groups is 1. The number of nitrogens with one attached hydrogen (secondary N) is 2. The Morgan fingerprint density at radius 3 is 2.43 bits per heavy atom. The third-order valence-electron chi connectivity index (χ3n) is 4.75. The van der Waals surface area contributed by atoms with Gasteiger partial charge in [0.1, 0.15) is 11.4 Å². The number of ether oxygens (including phenoxy) is 1. The zero-order valence-electron chi connectivity index (χ0n) is 16.8. The first-order valence-corrected chi connectivity index (χ1v) is 9.56. The summed E-state index contributed by atoms with van der Waals surface area (Å²) in [7, 11) is 1.59. The molecule has 0 aliphatic heterocycles. The lowest BCUT2D eigenvalue weighted by Crippen LogP contribution is -2.14. The SMILES string of the molecule is CCc1ccccc1NC(=O)c1ccc(NCc2ccc(OC)cc2)c([N+](=O)[O-])c1. The molecule has 3 rings (SSSR count). The molecule has 0 saturated heterocycles. The van der Waals surface area contributed by atoms with Gasteiger partial charge in [-0.1, -0.05) is 37.3 Å². The van der Waals surface area contributed by atoms with Crippen LogP contribution < -0.4 is 15.4 Å². The molecule has 0 heterocycles. The van der Waals surface area contributed by atoms with Crippen LogP contribution in [0.25, 0.3) is 0 Å². The van der Waals surface area contributed by atoms with E-state index in [1.54, 1.807) is 19.2 Å². The highest BCUT2D eigenvalue weighted by Gasteiger charge is 2.18. The first-order valence-electron chi connectivity index (χ1n) is 9.56. The van der Waals surface area contributed by atoms with E-state index in [0.29, 0.717) is 17.9 Å². The van der Waals surface area contributed by atoms with Crippen LogP contribution in [0.1, 0.15) is 28.4 Å². The summed E-state index contributed by atoms with van der Waals surface area (Å²) in [5.41, 5.74) is 3.07. The van der Waals surface area contributed by atoms with Crippen LogP contribution in [-0.4, -0.2) is 17.9 Å². The molecule has 0 fully saturated rings. The number of aryl methyl sites for hydroxylation is 1. The lowest BCUT2D eigenvalue weighted by Gasteiger charge is -2.11. The van der Waals surface area contributed by atoms with Crippen molar-refractivity contribution in [1.82, 2.24) is 0 Å². The molecule has 0 aliphatic carbocycles. The maximum atomic E-state index is 12.6. The summed E-state index contributed by atoms with van der Waals surface area (Å²) in [6.45, 7) is 2.40. The van der Waals surface area contributed by atoms with Crippen molar-refractivity contribution in [3.05, 3.63) is 93.5 Å². The van der Waals surface area contributed by atoms with Gasteiger partial charge in [-0.15, -0.1) is 0 Å². The molecule has 154 valence electrons. The number of anilines is 2. The molecule has 7 nitrogen and oxygen atoms in total. The summed E-state index contributed by atoms with van der Waals surface area (Å²) in [6, 6.07) is 19.3. The normalized spacial score (nSPS) is 10.3. The molecule has 0 saturated carbocycles. The highest BCUT2D eigenvalue weighted by molar-refractivity contribution is 6.05. The number of methoxy groups -OCH3 is 1. The van der Waals surface area contributed by atoms with E-state index in [4.69, 9.17) is 4.74 Å². The van der Waals surface area contributed by atoms with Gasteiger partial charge in [-0.25, -0.2) is 0 Å². The van der Waals surface area contributed by atoms with Crippen LogP contribution in [-0.2, 0) is 13.0 Å². The Kier molecular flexibility index (Phi) is 6.64. The van der Waals surface area contributed by atoms with E-state index in [0.717, 1.165) is 23.3 Å². The van der Waals surface area contributed by atoms with Crippen molar-refractivity contribution in [3.8, 4) is 5.75 Å². The second kappa shape index (κ2) is 9.56. The van der Waals surface area contributed by atoms with E-state index < -0.39 is 4.92 Å². The average Bonchev–Trinajstić information content (AvgIpc) is 2.78. The Hall–Kier alpha value is -3.87. The van der Waals surface area contributed by atoms with E-state index in [9.17, 15) is 14.9 Å². The number of nitrogens with zero attached hydrogens (tertiary/aromatic N) is 1. The predicted octanol–water partition coefficient (Wildman–Crippen LogP) is 5.03. The van der Waals surface area contributed by atoms with E-state index >= 15 is 0 Å². The second-order valence-corrected chi connectivity index (χ2v) is 6.66. The lowest BCUT2D eigenvalue weighted by molar-refractivity contribution is -0.384. The van der Waals surface area contributed by atoms with Gasteiger partial charge < -0.3 is 15.4 Å². The van der Waals surface area contributed by atoms with E-state index in [1.807, 2.05) is 55.5 Å². The largest absolute Gasteiger partial charge is 0.497 e. The molecule has 1 amide bonds. The van der Waals surface area contributed by atoms with Crippen LogP contribution in [0, 0.1) is 10.1 Å². The number of hydrogen-bond acceptors (Lipinski definition) is 5. The maximum absolute atomic E-state index is 12.6. The number of hydrogen-bond donors (Lipinski definition) is 2. The van der Waals surface area contributed by atoms with Crippen LogP contribution in [0.4, 0.5) is 17.1 Å². The van der Waals surface area contributed by atoms with Gasteiger partial charge in [0, 0.05) is 23.9 Å². The summed E-state index contributed by atoms with van der Waals surface area (Å²) >= 11 is 0. The Balaban J connectivity index is 1.77. The number of nitro benzene ring substituents is 1. The van der Waals surface area contributed by atoms with Gasteiger partial charge in [0.25, 0.3) is 11.6 Å². The quantitative estimate of drug-likeness (QED) is 0.405. The Morgan fingerprint density at radius 2 is 1.77 bits per heavy atom. The van der Waals surface area contributed by atoms with Crippen molar-refractivity contribution >= 4 is 23.0 Å². The number of amides is 1. The molecule has 0 atom stereocenters. The van der Waals surface area contributed by atoms with Crippen molar-refractivity contribution in [2.24, 2.45) is 0 Å². The van der Waals surface area contributed by atoms with Crippen LogP contribution in [0.5, 0.6) is 5.75 Å². The zero-order valence-corrected chi connectivity index (χ0v) is 16.8. The van der Waals surface area contributed by atoms with Gasteiger partial charge in [-0.2, -0.15) is 0 Å². The molecular weight excluding hydrogens is 382 g/mol. The van der Waals surface area contributed by atoms with Gasteiger partial charge in [-0.05, 0) is 47.9 Å². The Bertz CT molecular complexity index is 1050. The fraction of sp³-hybridized carbons (Fsp3) is 0.174. The van der Waals surface area contributed by atoms with Crippen molar-refractivity contribution in [3.63, 3.8) is 0 Å². The summed E-state index contributed by atoms with van der Waals surface area (Å²) in [5, 5.41) is 17.5. The fourth-order valence-corrected chi connectivity index (χ4v) is 3.06. The highest BCUT2D eigenvalue weighted by atomic mass is 16.6. The summed E-state index contributed by atoms with van der Waals surface area (Å²) in [6.07, 6.45) is 0.769. The van der Waals surface area contributed by atoms with E-state index in [-0.39, 0.29) is 17.2 Å². The Morgan fingerprint density at radius 1 is 1.03 bits per heavy atom. The Labute approximate surface area is 174 Å². The number of nitro groups is 1. The second-order valence-electron chi connectivity index (χ2n) is 6.66. The minimum absolute atomic E-state index is 0.153. The molecule has 0 spiro atoms. The minimum Gasteiger partial charge on any atom is -0.497 e.